The molecular weight excluding hydrogens is 301 g/mol. The number of ether oxygens (including phenoxy) is 2. The quantitative estimate of drug-likeness (QED) is 0.756. The van der Waals surface area contributed by atoms with Crippen LogP contribution in [0.2, 0.25) is 0 Å². The van der Waals surface area contributed by atoms with E-state index in [0.717, 1.165) is 5.56 Å². The van der Waals surface area contributed by atoms with Crippen LogP contribution in [-0.4, -0.2) is 49.9 Å². The van der Waals surface area contributed by atoms with Crippen LogP contribution >= 0.6 is 0 Å². The molecule has 0 spiro atoms. The molecular formula is C14H19F3N2O3. The summed E-state index contributed by atoms with van der Waals surface area (Å²) in [4.78, 5) is 0. The highest BCUT2D eigenvalue weighted by atomic mass is 19.4. The number of halogens is 3. The first-order valence-electron chi connectivity index (χ1n) is 6.93. The van der Waals surface area contributed by atoms with Crippen molar-refractivity contribution in [2.24, 2.45) is 0 Å². The minimum absolute atomic E-state index is 0.241. The van der Waals surface area contributed by atoms with Crippen LogP contribution in [0.1, 0.15) is 5.56 Å². The van der Waals surface area contributed by atoms with Crippen LogP contribution in [0.25, 0.3) is 0 Å². The molecule has 0 bridgehead atoms. The van der Waals surface area contributed by atoms with E-state index in [4.69, 9.17) is 4.74 Å². The lowest BCUT2D eigenvalue weighted by Crippen LogP contribution is -2.50. The molecule has 0 radical (unpaired) electrons. The molecule has 1 aliphatic rings. The zero-order valence-corrected chi connectivity index (χ0v) is 11.9. The standard InChI is InChI=1S/C14H19F3N2O3/c15-14(16,17)22-12-3-1-11(2-4-12)7-19-9-13(20)8-18-5-6-21-10-13/h1-4,18-20H,5-10H2/t13-/m0/s1. The van der Waals surface area contributed by atoms with Gasteiger partial charge in [0.15, 0.2) is 0 Å². The van der Waals surface area contributed by atoms with E-state index >= 15 is 0 Å². The Bertz CT molecular complexity index is 457. The maximum atomic E-state index is 12.0. The van der Waals surface area contributed by atoms with Crippen molar-refractivity contribution in [1.29, 1.82) is 0 Å². The van der Waals surface area contributed by atoms with E-state index in [-0.39, 0.29) is 12.4 Å². The van der Waals surface area contributed by atoms with Crippen LogP contribution < -0.4 is 15.4 Å². The Labute approximate surface area is 126 Å². The lowest BCUT2D eigenvalue weighted by atomic mass is 10.1. The van der Waals surface area contributed by atoms with Gasteiger partial charge in [-0.3, -0.25) is 0 Å². The molecule has 3 N–H and O–H groups in total. The highest BCUT2D eigenvalue weighted by Gasteiger charge is 2.31. The van der Waals surface area contributed by atoms with Crippen LogP contribution in [0.4, 0.5) is 13.2 Å². The van der Waals surface area contributed by atoms with Gasteiger partial charge in [-0.1, -0.05) is 12.1 Å². The first-order chi connectivity index (χ1) is 10.4. The van der Waals surface area contributed by atoms with E-state index in [1.807, 2.05) is 0 Å². The van der Waals surface area contributed by atoms with Gasteiger partial charge < -0.3 is 25.2 Å². The van der Waals surface area contributed by atoms with Gasteiger partial charge in [-0.15, -0.1) is 13.2 Å². The first kappa shape index (κ1) is 17.0. The van der Waals surface area contributed by atoms with Crippen LogP contribution in [0.3, 0.4) is 0 Å². The van der Waals surface area contributed by atoms with Crippen molar-refractivity contribution in [2.75, 3.05) is 32.8 Å². The fourth-order valence-electron chi connectivity index (χ4n) is 2.14. The van der Waals surface area contributed by atoms with E-state index in [2.05, 4.69) is 15.4 Å². The maximum absolute atomic E-state index is 12.0. The third kappa shape index (κ3) is 5.80. The molecule has 1 aromatic rings. The van der Waals surface area contributed by atoms with Crippen LogP contribution in [0.5, 0.6) is 5.75 Å². The smallest absolute Gasteiger partial charge is 0.406 e. The number of aliphatic hydroxyl groups is 1. The Hall–Kier alpha value is -1.35. The Kier molecular flexibility index (Phi) is 5.63. The largest absolute Gasteiger partial charge is 0.573 e. The predicted octanol–water partition coefficient (Wildman–Crippen LogP) is 1.03. The Morgan fingerprint density at radius 1 is 1.32 bits per heavy atom. The second-order valence-corrected chi connectivity index (χ2v) is 5.25. The number of alkyl halides is 3. The van der Waals surface area contributed by atoms with E-state index in [1.54, 1.807) is 12.1 Å². The molecule has 1 aliphatic heterocycles. The van der Waals surface area contributed by atoms with E-state index < -0.39 is 12.0 Å². The van der Waals surface area contributed by atoms with Crippen molar-refractivity contribution in [3.63, 3.8) is 0 Å². The molecule has 0 aromatic heterocycles. The molecule has 0 unspecified atom stereocenters. The van der Waals surface area contributed by atoms with E-state index in [9.17, 15) is 18.3 Å². The molecule has 1 saturated heterocycles. The van der Waals surface area contributed by atoms with Gasteiger partial charge in [-0.2, -0.15) is 0 Å². The summed E-state index contributed by atoms with van der Waals surface area (Å²) in [6.45, 7) is 2.67. The van der Waals surface area contributed by atoms with Crippen molar-refractivity contribution in [1.82, 2.24) is 10.6 Å². The highest BCUT2D eigenvalue weighted by Crippen LogP contribution is 2.22. The summed E-state index contributed by atoms with van der Waals surface area (Å²) in [6, 6.07) is 5.60. The second kappa shape index (κ2) is 7.28. The lowest BCUT2D eigenvalue weighted by Gasteiger charge is -2.26. The maximum Gasteiger partial charge on any atom is 0.573 e. The molecule has 22 heavy (non-hydrogen) atoms. The molecule has 1 atom stereocenters. The van der Waals surface area contributed by atoms with Crippen LogP contribution in [0, 0.1) is 0 Å². The van der Waals surface area contributed by atoms with Gasteiger partial charge in [0.2, 0.25) is 0 Å². The molecule has 0 aliphatic carbocycles. The molecule has 1 aromatic carbocycles. The van der Waals surface area contributed by atoms with Crippen molar-refractivity contribution >= 4 is 0 Å². The molecule has 1 fully saturated rings. The summed E-state index contributed by atoms with van der Waals surface area (Å²) in [6.07, 6.45) is -4.68. The SMILES string of the molecule is O[C@]1(CNCc2ccc(OC(F)(F)F)cc2)CNCCOC1. The van der Waals surface area contributed by atoms with Crippen molar-refractivity contribution < 1.29 is 27.8 Å². The number of benzene rings is 1. The molecule has 0 amide bonds. The van der Waals surface area contributed by atoms with Crippen LogP contribution in [-0.2, 0) is 11.3 Å². The summed E-state index contributed by atoms with van der Waals surface area (Å²) >= 11 is 0. The van der Waals surface area contributed by atoms with Crippen molar-refractivity contribution in [3.8, 4) is 5.75 Å². The number of β-amino-alcohol motifs (C(OH)–C–C–N with tert-alkyl or cyclic N) is 1. The third-order valence-corrected chi connectivity index (χ3v) is 3.19. The van der Waals surface area contributed by atoms with Crippen LogP contribution in [0.15, 0.2) is 24.3 Å². The summed E-state index contributed by atoms with van der Waals surface area (Å²) < 4.78 is 45.2. The normalized spacial score (nSPS) is 23.1. The van der Waals surface area contributed by atoms with Crippen molar-refractivity contribution in [2.45, 2.75) is 18.5 Å². The topological polar surface area (TPSA) is 62.8 Å². The molecule has 2 rings (SSSR count). The zero-order valence-electron chi connectivity index (χ0n) is 11.9. The molecule has 124 valence electrons. The predicted molar refractivity (Wildman–Crippen MR) is 73.5 cm³/mol. The molecule has 0 saturated carbocycles. The minimum atomic E-state index is -4.68. The number of hydrogen-bond acceptors (Lipinski definition) is 5. The summed E-state index contributed by atoms with van der Waals surface area (Å²) in [5.74, 6) is -0.253. The lowest BCUT2D eigenvalue weighted by molar-refractivity contribution is -0.274. The summed E-state index contributed by atoms with van der Waals surface area (Å²) in [5, 5.41) is 16.5. The fraction of sp³-hybridized carbons (Fsp3) is 0.571. The number of rotatable bonds is 5. The zero-order chi connectivity index (χ0) is 16.1. The van der Waals surface area contributed by atoms with Gasteiger partial charge in [0.1, 0.15) is 11.4 Å². The van der Waals surface area contributed by atoms with Gasteiger partial charge in [0.25, 0.3) is 0 Å². The monoisotopic (exact) mass is 320 g/mol. The van der Waals surface area contributed by atoms with Gasteiger partial charge >= 0.3 is 6.36 Å². The molecule has 5 nitrogen and oxygen atoms in total. The number of hydrogen-bond donors (Lipinski definition) is 3. The number of nitrogens with one attached hydrogen (secondary N) is 2. The van der Waals surface area contributed by atoms with Gasteiger partial charge in [0.05, 0.1) is 13.2 Å². The minimum Gasteiger partial charge on any atom is -0.406 e. The highest BCUT2D eigenvalue weighted by molar-refractivity contribution is 5.27. The summed E-state index contributed by atoms with van der Waals surface area (Å²) in [7, 11) is 0. The summed E-state index contributed by atoms with van der Waals surface area (Å²) in [5.41, 5.74) is -0.198. The second-order valence-electron chi connectivity index (χ2n) is 5.25. The Morgan fingerprint density at radius 2 is 2.05 bits per heavy atom. The average Bonchev–Trinajstić information content (AvgIpc) is 2.64. The molecule has 1 heterocycles. The first-order valence-corrected chi connectivity index (χ1v) is 6.93. The third-order valence-electron chi connectivity index (χ3n) is 3.19. The fourth-order valence-corrected chi connectivity index (χ4v) is 2.14. The van der Waals surface area contributed by atoms with Gasteiger partial charge in [-0.05, 0) is 17.7 Å². The average molecular weight is 320 g/mol. The Balaban J connectivity index is 1.79. The van der Waals surface area contributed by atoms with Gasteiger partial charge in [-0.25, -0.2) is 0 Å². The van der Waals surface area contributed by atoms with Gasteiger partial charge in [0, 0.05) is 26.2 Å². The van der Waals surface area contributed by atoms with E-state index in [0.29, 0.717) is 32.8 Å². The van der Waals surface area contributed by atoms with Crippen molar-refractivity contribution in [3.05, 3.63) is 29.8 Å². The Morgan fingerprint density at radius 3 is 2.73 bits per heavy atom. The molecule has 8 heteroatoms. The van der Waals surface area contributed by atoms with E-state index in [1.165, 1.54) is 12.1 Å².